The third kappa shape index (κ3) is 4.21. The van der Waals surface area contributed by atoms with E-state index < -0.39 is 11.6 Å². The van der Waals surface area contributed by atoms with E-state index in [-0.39, 0.29) is 0 Å². The summed E-state index contributed by atoms with van der Waals surface area (Å²) in [5, 5.41) is 3.18. The van der Waals surface area contributed by atoms with Crippen molar-refractivity contribution in [3.8, 4) is 0 Å². The van der Waals surface area contributed by atoms with Crippen LogP contribution in [0.25, 0.3) is 6.08 Å². The molecule has 1 nitrogen and oxygen atoms in total. The van der Waals surface area contributed by atoms with Crippen LogP contribution in [0, 0.1) is 11.6 Å². The van der Waals surface area contributed by atoms with E-state index in [0.717, 1.165) is 25.6 Å². The number of benzene rings is 1. The van der Waals surface area contributed by atoms with Crippen molar-refractivity contribution < 1.29 is 8.78 Å². The minimum absolute atomic E-state index is 0.673. The van der Waals surface area contributed by atoms with Gasteiger partial charge in [-0.2, -0.15) is 0 Å². The summed E-state index contributed by atoms with van der Waals surface area (Å²) in [6, 6.07) is 3.87. The zero-order valence-electron chi connectivity index (χ0n) is 8.76. The summed E-state index contributed by atoms with van der Waals surface area (Å²) in [6.07, 6.45) is 4.74. The summed E-state index contributed by atoms with van der Waals surface area (Å²) in [6.45, 7) is 3.79. The molecule has 0 aliphatic heterocycles. The monoisotopic (exact) mass is 211 g/mol. The highest BCUT2D eigenvalue weighted by Gasteiger charge is 1.99. The molecule has 0 atom stereocenters. The van der Waals surface area contributed by atoms with Gasteiger partial charge < -0.3 is 5.32 Å². The number of nitrogens with one attached hydrogen (secondary N) is 1. The molecule has 0 saturated heterocycles. The maximum absolute atomic E-state index is 12.8. The average Bonchev–Trinajstić information content (AvgIpc) is 2.23. The van der Waals surface area contributed by atoms with E-state index in [2.05, 4.69) is 12.2 Å². The van der Waals surface area contributed by atoms with Gasteiger partial charge in [0.15, 0.2) is 11.6 Å². The molecule has 1 N–H and O–H groups in total. The molecular formula is C12H15F2N. The number of rotatable bonds is 5. The lowest BCUT2D eigenvalue weighted by Crippen LogP contribution is -2.13. The molecule has 1 rings (SSSR count). The Labute approximate surface area is 88.8 Å². The van der Waals surface area contributed by atoms with Crippen LogP contribution in [0.3, 0.4) is 0 Å². The van der Waals surface area contributed by atoms with Gasteiger partial charge in [-0.25, -0.2) is 8.78 Å². The third-order valence-corrected chi connectivity index (χ3v) is 1.94. The average molecular weight is 211 g/mol. The van der Waals surface area contributed by atoms with Crippen molar-refractivity contribution in [3.05, 3.63) is 41.5 Å². The molecule has 0 amide bonds. The highest BCUT2D eigenvalue weighted by atomic mass is 19.2. The van der Waals surface area contributed by atoms with E-state index in [1.54, 1.807) is 12.1 Å². The van der Waals surface area contributed by atoms with E-state index in [1.165, 1.54) is 6.07 Å². The first-order valence-electron chi connectivity index (χ1n) is 5.06. The molecule has 82 valence electrons. The van der Waals surface area contributed by atoms with Crippen LogP contribution >= 0.6 is 0 Å². The molecule has 15 heavy (non-hydrogen) atoms. The normalized spacial score (nSPS) is 11.1. The zero-order chi connectivity index (χ0) is 11.1. The van der Waals surface area contributed by atoms with Gasteiger partial charge in [0.05, 0.1) is 0 Å². The Morgan fingerprint density at radius 2 is 2.07 bits per heavy atom. The largest absolute Gasteiger partial charge is 0.313 e. The second kappa shape index (κ2) is 6.30. The lowest BCUT2D eigenvalue weighted by Gasteiger charge is -1.97. The molecule has 3 heteroatoms. The fourth-order valence-electron chi connectivity index (χ4n) is 1.17. The zero-order valence-corrected chi connectivity index (χ0v) is 8.76. The van der Waals surface area contributed by atoms with Gasteiger partial charge in [-0.1, -0.05) is 25.1 Å². The molecule has 0 aliphatic carbocycles. The van der Waals surface area contributed by atoms with Gasteiger partial charge in [0.1, 0.15) is 0 Å². The van der Waals surface area contributed by atoms with E-state index in [1.807, 2.05) is 6.08 Å². The van der Waals surface area contributed by atoms with Crippen molar-refractivity contribution >= 4 is 6.08 Å². The predicted octanol–water partition coefficient (Wildman–Crippen LogP) is 2.98. The number of hydrogen-bond acceptors (Lipinski definition) is 1. The Kier molecular flexibility index (Phi) is 4.98. The van der Waals surface area contributed by atoms with Gasteiger partial charge >= 0.3 is 0 Å². The smallest absolute Gasteiger partial charge is 0.159 e. The highest BCUT2D eigenvalue weighted by molar-refractivity contribution is 5.49. The van der Waals surface area contributed by atoms with Crippen LogP contribution in [0.4, 0.5) is 8.78 Å². The first-order chi connectivity index (χ1) is 7.24. The summed E-state index contributed by atoms with van der Waals surface area (Å²) in [7, 11) is 0. The van der Waals surface area contributed by atoms with Gasteiger partial charge in [0.25, 0.3) is 0 Å². The minimum atomic E-state index is -0.809. The van der Waals surface area contributed by atoms with E-state index in [4.69, 9.17) is 0 Å². The van der Waals surface area contributed by atoms with Crippen LogP contribution in [-0.4, -0.2) is 13.1 Å². The Morgan fingerprint density at radius 1 is 1.27 bits per heavy atom. The maximum Gasteiger partial charge on any atom is 0.159 e. The second-order valence-corrected chi connectivity index (χ2v) is 3.28. The number of hydrogen-bond donors (Lipinski definition) is 1. The van der Waals surface area contributed by atoms with Crippen molar-refractivity contribution in [1.29, 1.82) is 0 Å². The first-order valence-corrected chi connectivity index (χ1v) is 5.06. The summed E-state index contributed by atoms with van der Waals surface area (Å²) >= 11 is 0. The van der Waals surface area contributed by atoms with Crippen molar-refractivity contribution in [2.24, 2.45) is 0 Å². The quantitative estimate of drug-likeness (QED) is 0.738. The van der Waals surface area contributed by atoms with Gasteiger partial charge in [0.2, 0.25) is 0 Å². The van der Waals surface area contributed by atoms with Crippen molar-refractivity contribution in [3.63, 3.8) is 0 Å². The van der Waals surface area contributed by atoms with Crippen molar-refractivity contribution in [1.82, 2.24) is 5.32 Å². The molecule has 0 fully saturated rings. The Bertz CT molecular complexity index is 334. The molecule has 0 aliphatic rings. The first kappa shape index (κ1) is 11.9. The number of halogens is 2. The minimum Gasteiger partial charge on any atom is -0.313 e. The summed E-state index contributed by atoms with van der Waals surface area (Å²) in [5.74, 6) is -1.62. The van der Waals surface area contributed by atoms with Gasteiger partial charge in [-0.3, -0.25) is 0 Å². The lowest BCUT2D eigenvalue weighted by atomic mass is 10.2. The summed E-state index contributed by atoms with van der Waals surface area (Å²) in [5.41, 5.74) is 0.673. The van der Waals surface area contributed by atoms with Crippen LogP contribution in [0.5, 0.6) is 0 Å². The fraction of sp³-hybridized carbons (Fsp3) is 0.333. The van der Waals surface area contributed by atoms with Crippen LogP contribution < -0.4 is 5.32 Å². The molecule has 0 heterocycles. The van der Waals surface area contributed by atoms with Crippen LogP contribution in [-0.2, 0) is 0 Å². The van der Waals surface area contributed by atoms with E-state index in [0.29, 0.717) is 5.56 Å². The third-order valence-electron chi connectivity index (χ3n) is 1.94. The second-order valence-electron chi connectivity index (χ2n) is 3.28. The Morgan fingerprint density at radius 3 is 2.73 bits per heavy atom. The maximum atomic E-state index is 12.8. The molecule has 1 aromatic carbocycles. The SMILES string of the molecule is CCCNCC=Cc1ccc(F)c(F)c1. The van der Waals surface area contributed by atoms with Gasteiger partial charge in [0, 0.05) is 6.54 Å². The molecular weight excluding hydrogens is 196 g/mol. The van der Waals surface area contributed by atoms with Crippen molar-refractivity contribution in [2.45, 2.75) is 13.3 Å². The predicted molar refractivity (Wildman–Crippen MR) is 58.6 cm³/mol. The molecule has 1 aromatic rings. The van der Waals surface area contributed by atoms with E-state index >= 15 is 0 Å². The summed E-state index contributed by atoms with van der Waals surface area (Å²) < 4.78 is 25.4. The molecule has 0 aromatic heterocycles. The van der Waals surface area contributed by atoms with Crippen LogP contribution in [0.1, 0.15) is 18.9 Å². The topological polar surface area (TPSA) is 12.0 Å². The van der Waals surface area contributed by atoms with Crippen molar-refractivity contribution in [2.75, 3.05) is 13.1 Å². The standard InChI is InChI=1S/C12H15F2N/c1-2-7-15-8-3-4-10-5-6-11(13)12(14)9-10/h3-6,9,15H,2,7-8H2,1H3. The van der Waals surface area contributed by atoms with Crippen LogP contribution in [0.2, 0.25) is 0 Å². The molecule has 0 unspecified atom stereocenters. The van der Waals surface area contributed by atoms with Gasteiger partial charge in [-0.05, 0) is 30.7 Å². The Hall–Kier alpha value is -1.22. The fourth-order valence-corrected chi connectivity index (χ4v) is 1.17. The summed E-state index contributed by atoms with van der Waals surface area (Å²) in [4.78, 5) is 0. The van der Waals surface area contributed by atoms with Gasteiger partial charge in [-0.15, -0.1) is 0 Å². The highest BCUT2D eigenvalue weighted by Crippen LogP contribution is 2.09. The van der Waals surface area contributed by atoms with E-state index in [9.17, 15) is 8.78 Å². The molecule has 0 spiro atoms. The molecule has 0 radical (unpaired) electrons. The Balaban J connectivity index is 2.46. The molecule has 0 bridgehead atoms. The van der Waals surface area contributed by atoms with Crippen LogP contribution in [0.15, 0.2) is 24.3 Å². The molecule has 0 saturated carbocycles. The lowest BCUT2D eigenvalue weighted by molar-refractivity contribution is 0.508.